The first-order valence-corrected chi connectivity index (χ1v) is 12.5. The van der Waals surface area contributed by atoms with Gasteiger partial charge in [-0.1, -0.05) is 54.6 Å². The maximum Gasteiger partial charge on any atom is 0.305 e. The summed E-state index contributed by atoms with van der Waals surface area (Å²) in [5.41, 5.74) is 2.28. The number of benzene rings is 3. The molecule has 2 N–H and O–H groups in total. The fourth-order valence-electron chi connectivity index (χ4n) is 4.25. The Bertz CT molecular complexity index is 1210. The molecule has 3 aromatic rings. The predicted molar refractivity (Wildman–Crippen MR) is 149 cm³/mol. The van der Waals surface area contributed by atoms with E-state index in [1.165, 1.54) is 16.3 Å². The molecule has 0 saturated carbocycles. The third kappa shape index (κ3) is 9.36. The minimum atomic E-state index is -0.736. The highest BCUT2D eigenvalue weighted by molar-refractivity contribution is 5.85. The molecule has 198 valence electrons. The molecule has 0 aliphatic carbocycles. The summed E-state index contributed by atoms with van der Waals surface area (Å²) < 4.78 is 10.8. The van der Waals surface area contributed by atoms with Crippen LogP contribution in [0.5, 0.6) is 5.75 Å². The average molecular weight is 525 g/mol. The second kappa shape index (κ2) is 14.6. The Morgan fingerprint density at radius 1 is 1.11 bits per heavy atom. The molecule has 0 aliphatic heterocycles. The van der Waals surface area contributed by atoms with Crippen molar-refractivity contribution in [3.05, 3.63) is 77.4 Å². The molecule has 0 radical (unpaired) electrons. The minimum absolute atomic E-state index is 0. The van der Waals surface area contributed by atoms with Gasteiger partial charge in [-0.05, 0) is 68.0 Å². The molecule has 0 saturated heterocycles. The summed E-state index contributed by atoms with van der Waals surface area (Å²) in [6.07, 6.45) is 1.56. The van der Waals surface area contributed by atoms with E-state index >= 15 is 0 Å². The van der Waals surface area contributed by atoms with E-state index in [9.17, 15) is 15.2 Å². The van der Waals surface area contributed by atoms with Crippen molar-refractivity contribution in [2.45, 2.75) is 58.1 Å². The number of halogens is 1. The number of carbonyl (C=O) groups is 1. The molecular formula is C30H37ClN2O4. The molecule has 0 heterocycles. The molecular weight excluding hydrogens is 488 g/mol. The molecule has 1 atom stereocenters. The van der Waals surface area contributed by atoms with Crippen LogP contribution in [0.15, 0.2) is 60.7 Å². The number of aryl methyl sites for hydroxylation is 1. The summed E-state index contributed by atoms with van der Waals surface area (Å²) in [7, 11) is 0. The molecule has 7 heteroatoms. The Labute approximate surface area is 226 Å². The lowest BCUT2D eigenvalue weighted by Gasteiger charge is -2.28. The van der Waals surface area contributed by atoms with E-state index in [1.54, 1.807) is 13.0 Å². The van der Waals surface area contributed by atoms with Crippen LogP contribution in [0.3, 0.4) is 0 Å². The molecule has 0 fully saturated rings. The largest absolute Gasteiger partial charge is 0.489 e. The van der Waals surface area contributed by atoms with Crippen LogP contribution in [0.1, 0.15) is 50.3 Å². The van der Waals surface area contributed by atoms with Crippen LogP contribution in [-0.2, 0) is 22.4 Å². The second-order valence-corrected chi connectivity index (χ2v) is 9.65. The van der Waals surface area contributed by atoms with E-state index in [1.807, 2.05) is 24.3 Å². The molecule has 6 nitrogen and oxygen atoms in total. The Morgan fingerprint density at radius 2 is 1.86 bits per heavy atom. The van der Waals surface area contributed by atoms with Crippen molar-refractivity contribution >= 4 is 29.1 Å². The Morgan fingerprint density at radius 3 is 2.59 bits per heavy atom. The van der Waals surface area contributed by atoms with Gasteiger partial charge in [0.25, 0.3) is 0 Å². The molecule has 0 spiro atoms. The summed E-state index contributed by atoms with van der Waals surface area (Å²) >= 11 is 0. The number of nitrogens with zero attached hydrogens (tertiary/aromatic N) is 1. The van der Waals surface area contributed by atoms with Crippen molar-refractivity contribution in [3.63, 3.8) is 0 Å². The molecule has 0 aliphatic rings. The molecule has 0 bridgehead atoms. The molecule has 0 amide bonds. The van der Waals surface area contributed by atoms with Gasteiger partial charge in [0.15, 0.2) is 0 Å². The molecule has 3 aromatic carbocycles. The molecule has 0 aromatic heterocycles. The third-order valence-corrected chi connectivity index (χ3v) is 6.06. The zero-order valence-electron chi connectivity index (χ0n) is 21.8. The van der Waals surface area contributed by atoms with Crippen LogP contribution < -0.4 is 10.1 Å². The van der Waals surface area contributed by atoms with Crippen molar-refractivity contribution in [2.75, 3.05) is 19.8 Å². The van der Waals surface area contributed by atoms with E-state index < -0.39 is 6.10 Å². The number of carbonyl (C=O) groups excluding carboxylic acids is 1. The number of esters is 1. The average Bonchev–Trinajstić information content (AvgIpc) is 2.86. The summed E-state index contributed by atoms with van der Waals surface area (Å²) in [6, 6.07) is 22.4. The van der Waals surface area contributed by atoms with E-state index in [2.05, 4.69) is 55.6 Å². The lowest BCUT2D eigenvalue weighted by molar-refractivity contribution is -0.143. The predicted octanol–water partition coefficient (Wildman–Crippen LogP) is 5.37. The maximum absolute atomic E-state index is 11.6. The number of hydrogen-bond donors (Lipinski definition) is 2. The second-order valence-electron chi connectivity index (χ2n) is 9.65. The van der Waals surface area contributed by atoms with Crippen LogP contribution >= 0.6 is 12.4 Å². The van der Waals surface area contributed by atoms with Crippen LogP contribution in [0.25, 0.3) is 10.8 Å². The minimum Gasteiger partial charge on any atom is -0.489 e. The standard InChI is InChI=1S/C30H36N2O4.ClH/c1-4-35-29(34)14-8-12-24-11-7-13-28(27(24)19-31)36-21-26(33)20-32-30(2,3)18-22-15-16-23-9-5-6-10-25(23)17-22;/h5-7,9-11,13,15-17,26,32-33H,4,8,12,14,18,20-21H2,1-3H3;1H/t26-;/m1./s1. The topological polar surface area (TPSA) is 91.6 Å². The Kier molecular flexibility index (Phi) is 11.9. The number of nitriles is 1. The van der Waals surface area contributed by atoms with Gasteiger partial charge in [-0.3, -0.25) is 4.79 Å². The number of ether oxygens (including phenoxy) is 2. The highest BCUT2D eigenvalue weighted by atomic mass is 35.5. The molecule has 37 heavy (non-hydrogen) atoms. The zero-order chi connectivity index (χ0) is 26.0. The third-order valence-electron chi connectivity index (χ3n) is 6.06. The van der Waals surface area contributed by atoms with Gasteiger partial charge in [0.1, 0.15) is 24.5 Å². The number of aliphatic hydroxyl groups is 1. The van der Waals surface area contributed by atoms with E-state index in [0.29, 0.717) is 43.7 Å². The van der Waals surface area contributed by atoms with Crippen LogP contribution in [0, 0.1) is 11.3 Å². The van der Waals surface area contributed by atoms with Crippen molar-refractivity contribution in [1.29, 1.82) is 5.26 Å². The van der Waals surface area contributed by atoms with Gasteiger partial charge in [-0.15, -0.1) is 12.4 Å². The van der Waals surface area contributed by atoms with Crippen molar-refractivity contribution in [1.82, 2.24) is 5.32 Å². The Balaban J connectivity index is 0.00000481. The van der Waals surface area contributed by atoms with Gasteiger partial charge in [-0.2, -0.15) is 5.26 Å². The number of fused-ring (bicyclic) bond motifs is 1. The van der Waals surface area contributed by atoms with Gasteiger partial charge in [0.2, 0.25) is 0 Å². The van der Waals surface area contributed by atoms with Crippen molar-refractivity contribution in [3.8, 4) is 11.8 Å². The lowest BCUT2D eigenvalue weighted by Crippen LogP contribution is -2.46. The molecule has 0 unspecified atom stereocenters. The van der Waals surface area contributed by atoms with Gasteiger partial charge in [0.05, 0.1) is 12.2 Å². The fraction of sp³-hybridized carbons (Fsp3) is 0.400. The van der Waals surface area contributed by atoms with Crippen LogP contribution in [0.2, 0.25) is 0 Å². The Hall–Kier alpha value is -3.11. The monoisotopic (exact) mass is 524 g/mol. The number of rotatable bonds is 13. The summed E-state index contributed by atoms with van der Waals surface area (Å²) in [5, 5.41) is 26.1. The van der Waals surface area contributed by atoms with Gasteiger partial charge in [0, 0.05) is 18.5 Å². The van der Waals surface area contributed by atoms with E-state index in [-0.39, 0.29) is 30.5 Å². The zero-order valence-corrected chi connectivity index (χ0v) is 22.6. The van der Waals surface area contributed by atoms with Gasteiger partial charge >= 0.3 is 5.97 Å². The number of hydrogen-bond acceptors (Lipinski definition) is 6. The maximum atomic E-state index is 11.6. The quantitative estimate of drug-likeness (QED) is 0.292. The highest BCUT2D eigenvalue weighted by Gasteiger charge is 2.20. The summed E-state index contributed by atoms with van der Waals surface area (Å²) in [4.78, 5) is 11.6. The number of β-amino-alcohol motifs (C(OH)–C–C–N with tert-alkyl or cyclic N) is 1. The number of aliphatic hydroxyl groups excluding tert-OH is 1. The van der Waals surface area contributed by atoms with Crippen molar-refractivity contribution in [2.24, 2.45) is 0 Å². The summed E-state index contributed by atoms with van der Waals surface area (Å²) in [5.74, 6) is 0.211. The SMILES string of the molecule is CCOC(=O)CCCc1cccc(OC[C@H](O)CNC(C)(C)Cc2ccc3ccccc3c2)c1C#N.Cl. The highest BCUT2D eigenvalue weighted by Crippen LogP contribution is 2.24. The van der Waals surface area contributed by atoms with Crippen LogP contribution in [-0.4, -0.2) is 42.5 Å². The van der Waals surface area contributed by atoms with Gasteiger partial charge in [-0.25, -0.2) is 0 Å². The smallest absolute Gasteiger partial charge is 0.305 e. The first kappa shape index (κ1) is 30.1. The fourth-order valence-corrected chi connectivity index (χ4v) is 4.25. The van der Waals surface area contributed by atoms with E-state index in [4.69, 9.17) is 9.47 Å². The van der Waals surface area contributed by atoms with Crippen LogP contribution in [0.4, 0.5) is 0 Å². The van der Waals surface area contributed by atoms with E-state index in [0.717, 1.165) is 12.0 Å². The molecule has 3 rings (SSSR count). The number of nitrogens with one attached hydrogen (secondary N) is 1. The first-order chi connectivity index (χ1) is 17.3. The first-order valence-electron chi connectivity index (χ1n) is 12.5. The lowest BCUT2D eigenvalue weighted by atomic mass is 9.93. The summed E-state index contributed by atoms with van der Waals surface area (Å²) in [6.45, 7) is 6.81. The van der Waals surface area contributed by atoms with Gasteiger partial charge < -0.3 is 19.9 Å². The van der Waals surface area contributed by atoms with Crippen molar-refractivity contribution < 1.29 is 19.4 Å². The normalized spacial score (nSPS) is 11.9.